The summed E-state index contributed by atoms with van der Waals surface area (Å²) in [5, 5.41) is 4.90. The number of carbonyl (C=O) groups is 1. The topological polar surface area (TPSA) is 38.1 Å². The zero-order chi connectivity index (χ0) is 11.3. The molecule has 5 heteroatoms. The first-order valence-corrected chi connectivity index (χ1v) is 6.16. The molecule has 1 heterocycles. The lowest BCUT2D eigenvalue weighted by atomic mass is 10.3. The average molecular weight is 274 g/mol. The first kappa shape index (κ1) is 12.2. The number of halogens is 1. The van der Waals surface area contributed by atoms with Crippen LogP contribution in [0.3, 0.4) is 0 Å². The van der Waals surface area contributed by atoms with Crippen LogP contribution in [0.15, 0.2) is 12.3 Å². The Labute approximate surface area is 98.4 Å². The highest BCUT2D eigenvalue weighted by Crippen LogP contribution is 2.03. The number of aryl methyl sites for hydroxylation is 1. The molecule has 0 atom stereocenters. The molecule has 4 nitrogen and oxygen atoms in total. The number of aromatic nitrogens is 2. The quantitative estimate of drug-likeness (QED) is 0.766. The predicted octanol–water partition coefficient (Wildman–Crippen LogP) is 1.67. The van der Waals surface area contributed by atoms with Crippen LogP contribution in [-0.4, -0.2) is 39.0 Å². The number of carbonyl (C=O) groups excluding carboxylic acids is 1. The van der Waals surface area contributed by atoms with Gasteiger partial charge in [0.15, 0.2) is 0 Å². The molecule has 0 aliphatic heterocycles. The molecular weight excluding hydrogens is 258 g/mol. The fourth-order valence-electron chi connectivity index (χ4n) is 1.38. The highest BCUT2D eigenvalue weighted by Gasteiger charge is 2.16. The fourth-order valence-corrected chi connectivity index (χ4v) is 1.81. The fraction of sp³-hybridized carbons (Fsp3) is 0.600. The molecule has 0 aliphatic rings. The van der Waals surface area contributed by atoms with Gasteiger partial charge in [-0.15, -0.1) is 0 Å². The summed E-state index contributed by atoms with van der Waals surface area (Å²) in [7, 11) is 1.81. The van der Waals surface area contributed by atoms with Crippen LogP contribution in [0, 0.1) is 0 Å². The van der Waals surface area contributed by atoms with Crippen molar-refractivity contribution >= 4 is 21.8 Å². The van der Waals surface area contributed by atoms with Gasteiger partial charge in [-0.2, -0.15) is 5.10 Å². The van der Waals surface area contributed by atoms with Crippen molar-refractivity contribution < 1.29 is 4.79 Å². The molecule has 0 N–H and O–H groups in total. The van der Waals surface area contributed by atoms with Crippen LogP contribution in [0.2, 0.25) is 0 Å². The van der Waals surface area contributed by atoms with Crippen LogP contribution in [0.4, 0.5) is 0 Å². The normalized spacial score (nSPS) is 10.3. The lowest BCUT2D eigenvalue weighted by molar-refractivity contribution is 0.0760. The molecule has 0 saturated heterocycles. The minimum atomic E-state index is 0.0110. The zero-order valence-electron chi connectivity index (χ0n) is 9.11. The van der Waals surface area contributed by atoms with Crippen LogP contribution in [0.25, 0.3) is 0 Å². The third-order valence-corrected chi connectivity index (χ3v) is 2.42. The molecule has 1 amide bonds. The first-order valence-electron chi connectivity index (χ1n) is 5.04. The van der Waals surface area contributed by atoms with E-state index in [0.717, 1.165) is 24.8 Å². The van der Waals surface area contributed by atoms with Gasteiger partial charge in [-0.3, -0.25) is 9.48 Å². The van der Waals surface area contributed by atoms with Crippen molar-refractivity contribution in [2.75, 3.05) is 18.4 Å². The van der Waals surface area contributed by atoms with E-state index in [-0.39, 0.29) is 5.91 Å². The van der Waals surface area contributed by atoms with Crippen LogP contribution in [0.1, 0.15) is 23.8 Å². The van der Waals surface area contributed by atoms with Gasteiger partial charge >= 0.3 is 0 Å². The second-order valence-electron chi connectivity index (χ2n) is 3.36. The minimum Gasteiger partial charge on any atom is -0.336 e. The summed E-state index contributed by atoms with van der Waals surface area (Å²) in [6, 6.07) is 1.75. The monoisotopic (exact) mass is 273 g/mol. The largest absolute Gasteiger partial charge is 0.336 e. The third-order valence-electron chi connectivity index (χ3n) is 2.07. The van der Waals surface area contributed by atoms with Crippen LogP contribution >= 0.6 is 15.9 Å². The van der Waals surface area contributed by atoms with Crippen molar-refractivity contribution in [3.63, 3.8) is 0 Å². The van der Waals surface area contributed by atoms with Gasteiger partial charge in [0.2, 0.25) is 0 Å². The van der Waals surface area contributed by atoms with Crippen molar-refractivity contribution in [2.24, 2.45) is 7.05 Å². The van der Waals surface area contributed by atoms with Crippen molar-refractivity contribution in [1.29, 1.82) is 0 Å². The third kappa shape index (κ3) is 3.34. The van der Waals surface area contributed by atoms with Crippen molar-refractivity contribution in [3.05, 3.63) is 18.0 Å². The predicted molar refractivity (Wildman–Crippen MR) is 63.2 cm³/mol. The Morgan fingerprint density at radius 2 is 2.33 bits per heavy atom. The minimum absolute atomic E-state index is 0.0110. The lowest BCUT2D eigenvalue weighted by Crippen LogP contribution is -2.33. The van der Waals surface area contributed by atoms with Crippen LogP contribution < -0.4 is 0 Å². The Morgan fingerprint density at radius 3 is 2.80 bits per heavy atom. The Kier molecular flexibility index (Phi) is 4.81. The Bertz CT molecular complexity index is 318. The van der Waals surface area contributed by atoms with E-state index < -0.39 is 0 Å². The molecule has 0 unspecified atom stereocenters. The Morgan fingerprint density at radius 1 is 1.60 bits per heavy atom. The smallest absolute Gasteiger partial charge is 0.274 e. The number of hydrogen-bond acceptors (Lipinski definition) is 2. The van der Waals surface area contributed by atoms with Crippen LogP contribution in [0.5, 0.6) is 0 Å². The molecule has 0 radical (unpaired) electrons. The molecule has 0 aromatic carbocycles. The van der Waals surface area contributed by atoms with E-state index in [1.165, 1.54) is 0 Å². The SMILES string of the molecule is CCCN(CCBr)C(=O)c1ccn(C)n1. The summed E-state index contributed by atoms with van der Waals surface area (Å²) in [5.74, 6) is 0.0110. The maximum atomic E-state index is 12.0. The summed E-state index contributed by atoms with van der Waals surface area (Å²) in [6.07, 6.45) is 2.75. The summed E-state index contributed by atoms with van der Waals surface area (Å²) < 4.78 is 1.64. The maximum Gasteiger partial charge on any atom is 0.274 e. The van der Waals surface area contributed by atoms with E-state index >= 15 is 0 Å². The molecule has 1 aromatic rings. The van der Waals surface area contributed by atoms with Crippen molar-refractivity contribution in [2.45, 2.75) is 13.3 Å². The molecule has 0 spiro atoms. The second-order valence-corrected chi connectivity index (χ2v) is 4.15. The number of nitrogens with zero attached hydrogens (tertiary/aromatic N) is 3. The van der Waals surface area contributed by atoms with E-state index in [4.69, 9.17) is 0 Å². The highest BCUT2D eigenvalue weighted by atomic mass is 79.9. The molecule has 15 heavy (non-hydrogen) atoms. The van der Waals surface area contributed by atoms with Gasteiger partial charge < -0.3 is 4.90 Å². The average Bonchev–Trinajstić information content (AvgIpc) is 2.63. The highest BCUT2D eigenvalue weighted by molar-refractivity contribution is 9.09. The standard InChI is InChI=1S/C10H16BrN3O/c1-3-6-14(8-5-11)10(15)9-4-7-13(2)12-9/h4,7H,3,5-6,8H2,1-2H3. The van der Waals surface area contributed by atoms with Gasteiger partial charge in [0, 0.05) is 31.7 Å². The molecule has 1 aromatic heterocycles. The molecule has 0 saturated carbocycles. The Balaban J connectivity index is 2.71. The number of alkyl halides is 1. The maximum absolute atomic E-state index is 12.0. The second kappa shape index (κ2) is 5.90. The lowest BCUT2D eigenvalue weighted by Gasteiger charge is -2.19. The number of rotatable bonds is 5. The van der Waals surface area contributed by atoms with Crippen molar-refractivity contribution in [3.8, 4) is 0 Å². The van der Waals surface area contributed by atoms with Crippen molar-refractivity contribution in [1.82, 2.24) is 14.7 Å². The van der Waals surface area contributed by atoms with Gasteiger partial charge in [-0.1, -0.05) is 22.9 Å². The summed E-state index contributed by atoms with van der Waals surface area (Å²) in [4.78, 5) is 13.8. The summed E-state index contributed by atoms with van der Waals surface area (Å²) in [6.45, 7) is 3.57. The van der Waals surface area contributed by atoms with Gasteiger partial charge in [-0.05, 0) is 12.5 Å². The van der Waals surface area contributed by atoms with E-state index in [0.29, 0.717) is 5.69 Å². The van der Waals surface area contributed by atoms with Gasteiger partial charge in [0.1, 0.15) is 5.69 Å². The number of hydrogen-bond donors (Lipinski definition) is 0. The van der Waals surface area contributed by atoms with E-state index in [1.807, 2.05) is 11.9 Å². The molecule has 1 rings (SSSR count). The molecular formula is C10H16BrN3O. The van der Waals surface area contributed by atoms with E-state index in [2.05, 4.69) is 28.0 Å². The Hall–Kier alpha value is -0.840. The van der Waals surface area contributed by atoms with Gasteiger partial charge in [0.25, 0.3) is 5.91 Å². The van der Waals surface area contributed by atoms with Gasteiger partial charge in [-0.25, -0.2) is 0 Å². The zero-order valence-corrected chi connectivity index (χ0v) is 10.7. The number of amides is 1. The summed E-state index contributed by atoms with van der Waals surface area (Å²) in [5.41, 5.74) is 0.520. The van der Waals surface area contributed by atoms with Gasteiger partial charge in [0.05, 0.1) is 0 Å². The van der Waals surface area contributed by atoms with E-state index in [9.17, 15) is 4.79 Å². The molecule has 0 fully saturated rings. The molecule has 0 aliphatic carbocycles. The summed E-state index contributed by atoms with van der Waals surface area (Å²) >= 11 is 3.35. The first-order chi connectivity index (χ1) is 7.19. The molecule has 84 valence electrons. The van der Waals surface area contributed by atoms with Crippen LogP contribution in [-0.2, 0) is 7.05 Å². The van der Waals surface area contributed by atoms with E-state index in [1.54, 1.807) is 16.9 Å². The molecule has 0 bridgehead atoms.